The summed E-state index contributed by atoms with van der Waals surface area (Å²) in [6, 6.07) is 2.14. The largest absolute Gasteiger partial charge is 0.381 e. The molecule has 4 nitrogen and oxygen atoms in total. The first-order valence-corrected chi connectivity index (χ1v) is 8.03. The van der Waals surface area contributed by atoms with Crippen LogP contribution in [-0.4, -0.2) is 30.6 Å². The van der Waals surface area contributed by atoms with Gasteiger partial charge in [0.05, 0.1) is 12.0 Å². The molecule has 1 saturated heterocycles. The number of ether oxygens (including phenoxy) is 1. The van der Waals surface area contributed by atoms with E-state index in [0.29, 0.717) is 12.5 Å². The SMILES string of the molecule is CCN1C(=O)[C@]23CC2COCC[C@H]3c2cc(Br)cnc21. The van der Waals surface area contributed by atoms with Crippen LogP contribution in [0.4, 0.5) is 5.82 Å². The van der Waals surface area contributed by atoms with Gasteiger partial charge in [-0.25, -0.2) is 4.98 Å². The summed E-state index contributed by atoms with van der Waals surface area (Å²) >= 11 is 3.52. The topological polar surface area (TPSA) is 42.4 Å². The third kappa shape index (κ3) is 1.51. The third-order valence-corrected chi connectivity index (χ3v) is 5.53. The van der Waals surface area contributed by atoms with E-state index >= 15 is 0 Å². The highest BCUT2D eigenvalue weighted by molar-refractivity contribution is 9.10. The van der Waals surface area contributed by atoms with Gasteiger partial charge >= 0.3 is 0 Å². The van der Waals surface area contributed by atoms with Crippen LogP contribution >= 0.6 is 15.9 Å². The van der Waals surface area contributed by atoms with E-state index in [1.54, 1.807) is 6.20 Å². The molecule has 4 rings (SSSR count). The molecule has 0 radical (unpaired) electrons. The van der Waals surface area contributed by atoms with Gasteiger partial charge < -0.3 is 4.74 Å². The minimum Gasteiger partial charge on any atom is -0.381 e. The predicted octanol–water partition coefficient (Wildman–Crippen LogP) is 2.72. The molecule has 106 valence electrons. The fourth-order valence-corrected chi connectivity index (χ4v) is 4.43. The number of aromatic nitrogens is 1. The fourth-order valence-electron chi connectivity index (χ4n) is 4.08. The number of halogens is 1. The van der Waals surface area contributed by atoms with Gasteiger partial charge in [-0.15, -0.1) is 0 Å². The molecule has 0 bridgehead atoms. The van der Waals surface area contributed by atoms with Crippen LogP contribution in [-0.2, 0) is 9.53 Å². The Hall–Kier alpha value is -0.940. The van der Waals surface area contributed by atoms with Crippen molar-refractivity contribution in [2.75, 3.05) is 24.7 Å². The van der Waals surface area contributed by atoms with Crippen molar-refractivity contribution in [2.45, 2.75) is 25.7 Å². The second-order valence-corrected chi connectivity index (χ2v) is 6.89. The number of hydrogen-bond donors (Lipinski definition) is 0. The maximum Gasteiger partial charge on any atom is 0.235 e. The molecule has 0 aromatic carbocycles. The van der Waals surface area contributed by atoms with Crippen LogP contribution in [0.3, 0.4) is 0 Å². The Morgan fingerprint density at radius 2 is 2.45 bits per heavy atom. The summed E-state index contributed by atoms with van der Waals surface area (Å²) in [5.41, 5.74) is 1.01. The van der Waals surface area contributed by atoms with Gasteiger partial charge in [0.1, 0.15) is 5.82 Å². The first-order valence-electron chi connectivity index (χ1n) is 7.23. The second kappa shape index (κ2) is 4.28. The minimum atomic E-state index is -0.206. The molecule has 2 fully saturated rings. The van der Waals surface area contributed by atoms with Crippen LogP contribution in [0, 0.1) is 11.3 Å². The van der Waals surface area contributed by atoms with Gasteiger partial charge in [-0.2, -0.15) is 0 Å². The van der Waals surface area contributed by atoms with E-state index < -0.39 is 0 Å². The van der Waals surface area contributed by atoms with Crippen molar-refractivity contribution in [1.29, 1.82) is 0 Å². The lowest BCUT2D eigenvalue weighted by Gasteiger charge is -2.38. The molecule has 3 aliphatic rings. The fraction of sp³-hybridized carbons (Fsp3) is 0.600. The van der Waals surface area contributed by atoms with Gasteiger partial charge in [0.2, 0.25) is 5.91 Å². The number of amides is 1. The van der Waals surface area contributed by atoms with Crippen molar-refractivity contribution in [2.24, 2.45) is 11.3 Å². The zero-order chi connectivity index (χ0) is 13.9. The van der Waals surface area contributed by atoms with Crippen LogP contribution in [0.15, 0.2) is 16.7 Å². The molecule has 1 saturated carbocycles. The summed E-state index contributed by atoms with van der Waals surface area (Å²) in [7, 11) is 0. The maximum absolute atomic E-state index is 13.0. The van der Waals surface area contributed by atoms with Gasteiger partial charge in [-0.3, -0.25) is 9.69 Å². The Morgan fingerprint density at radius 3 is 3.25 bits per heavy atom. The second-order valence-electron chi connectivity index (χ2n) is 5.97. The average Bonchev–Trinajstić information content (AvgIpc) is 3.15. The summed E-state index contributed by atoms with van der Waals surface area (Å²) in [5, 5.41) is 0. The normalized spacial score (nSPS) is 34.9. The smallest absolute Gasteiger partial charge is 0.235 e. The van der Waals surface area contributed by atoms with Crippen molar-refractivity contribution < 1.29 is 9.53 Å². The molecule has 1 aliphatic carbocycles. The Labute approximate surface area is 126 Å². The van der Waals surface area contributed by atoms with E-state index in [-0.39, 0.29) is 17.2 Å². The first kappa shape index (κ1) is 12.8. The number of carbonyl (C=O) groups excluding carboxylic acids is 1. The number of nitrogens with zero attached hydrogens (tertiary/aromatic N) is 2. The van der Waals surface area contributed by atoms with Crippen LogP contribution in [0.1, 0.15) is 31.2 Å². The summed E-state index contributed by atoms with van der Waals surface area (Å²) in [4.78, 5) is 19.3. The maximum atomic E-state index is 13.0. The first-order chi connectivity index (χ1) is 9.68. The van der Waals surface area contributed by atoms with Crippen LogP contribution in [0.2, 0.25) is 0 Å². The molecule has 1 unspecified atom stereocenters. The summed E-state index contributed by atoms with van der Waals surface area (Å²) in [6.45, 7) is 4.18. The highest BCUT2D eigenvalue weighted by Crippen LogP contribution is 2.67. The molecule has 3 heterocycles. The third-order valence-electron chi connectivity index (χ3n) is 5.10. The molecule has 1 aromatic heterocycles. The van der Waals surface area contributed by atoms with E-state index in [0.717, 1.165) is 36.3 Å². The highest BCUT2D eigenvalue weighted by atomic mass is 79.9. The number of rotatable bonds is 1. The molecule has 20 heavy (non-hydrogen) atoms. The van der Waals surface area contributed by atoms with Crippen molar-refractivity contribution >= 4 is 27.7 Å². The molecule has 2 aliphatic heterocycles. The molecule has 5 heteroatoms. The summed E-state index contributed by atoms with van der Waals surface area (Å²) in [6.07, 6.45) is 3.67. The zero-order valence-electron chi connectivity index (χ0n) is 11.4. The highest BCUT2D eigenvalue weighted by Gasteiger charge is 2.68. The summed E-state index contributed by atoms with van der Waals surface area (Å²) < 4.78 is 6.68. The molecule has 1 amide bonds. The van der Waals surface area contributed by atoms with E-state index in [4.69, 9.17) is 4.74 Å². The van der Waals surface area contributed by atoms with Crippen molar-refractivity contribution in [1.82, 2.24) is 4.98 Å². The van der Waals surface area contributed by atoms with Crippen molar-refractivity contribution in [3.63, 3.8) is 0 Å². The van der Waals surface area contributed by atoms with Gasteiger partial charge in [0, 0.05) is 35.3 Å². The molecule has 1 spiro atoms. The van der Waals surface area contributed by atoms with Gasteiger partial charge in [0.25, 0.3) is 0 Å². The standard InChI is InChI=1S/C15H17BrN2O2/c1-2-18-13-11(5-10(16)7-17-13)12-3-4-20-8-9-6-15(9,12)14(18)19/h5,7,9,12H,2-4,6,8H2,1H3/t9?,12-,15+/m0/s1. The van der Waals surface area contributed by atoms with Gasteiger partial charge in [0.15, 0.2) is 0 Å². The average molecular weight is 337 g/mol. The Morgan fingerprint density at radius 1 is 1.60 bits per heavy atom. The summed E-state index contributed by atoms with van der Waals surface area (Å²) in [5.74, 6) is 1.78. The predicted molar refractivity (Wildman–Crippen MR) is 78.7 cm³/mol. The molecule has 0 N–H and O–H groups in total. The van der Waals surface area contributed by atoms with E-state index in [9.17, 15) is 4.79 Å². The lowest BCUT2D eigenvalue weighted by atomic mass is 9.76. The number of fused-ring (bicyclic) bond motifs is 2. The van der Waals surface area contributed by atoms with E-state index in [1.165, 1.54) is 5.56 Å². The monoisotopic (exact) mass is 336 g/mol. The van der Waals surface area contributed by atoms with Crippen LogP contribution < -0.4 is 4.90 Å². The van der Waals surface area contributed by atoms with Crippen LogP contribution in [0.5, 0.6) is 0 Å². The number of pyridine rings is 1. The molecule has 3 atom stereocenters. The Kier molecular flexibility index (Phi) is 2.73. The lowest BCUT2D eigenvalue weighted by Crippen LogP contribution is -2.46. The van der Waals surface area contributed by atoms with Crippen LogP contribution in [0.25, 0.3) is 0 Å². The Bertz CT molecular complexity index is 591. The number of hydrogen-bond acceptors (Lipinski definition) is 3. The number of anilines is 1. The molecular weight excluding hydrogens is 320 g/mol. The van der Waals surface area contributed by atoms with Gasteiger partial charge in [-0.1, -0.05) is 0 Å². The van der Waals surface area contributed by atoms with E-state index in [2.05, 4.69) is 27.0 Å². The minimum absolute atomic E-state index is 0.206. The molecule has 1 aromatic rings. The van der Waals surface area contributed by atoms with Crippen molar-refractivity contribution in [3.05, 3.63) is 22.3 Å². The number of carbonyl (C=O) groups is 1. The zero-order valence-corrected chi connectivity index (χ0v) is 13.0. The van der Waals surface area contributed by atoms with E-state index in [1.807, 2.05) is 11.8 Å². The lowest BCUT2D eigenvalue weighted by molar-refractivity contribution is -0.125. The quantitative estimate of drug-likeness (QED) is 0.791. The van der Waals surface area contributed by atoms with Gasteiger partial charge in [-0.05, 0) is 47.7 Å². The molecular formula is C15H17BrN2O2. The Balaban J connectivity index is 1.91. The van der Waals surface area contributed by atoms with Crippen molar-refractivity contribution in [3.8, 4) is 0 Å².